The molecule has 0 saturated heterocycles. The molecule has 2 aromatic carbocycles. The highest BCUT2D eigenvalue weighted by Gasteiger charge is 2.33. The Morgan fingerprint density at radius 3 is 2.37 bits per heavy atom. The number of nitrogens with zero attached hydrogens (tertiary/aromatic N) is 2. The maximum Gasteiger partial charge on any atom is 0.344 e. The smallest absolute Gasteiger partial charge is 0.344 e. The van der Waals surface area contributed by atoms with Gasteiger partial charge < -0.3 is 19.5 Å². The molecule has 0 fully saturated rings. The van der Waals surface area contributed by atoms with Crippen molar-refractivity contribution in [3.63, 3.8) is 0 Å². The van der Waals surface area contributed by atoms with E-state index in [2.05, 4.69) is 4.99 Å². The molecular formula is C23H24N2O4S. The van der Waals surface area contributed by atoms with E-state index in [1.54, 1.807) is 38.3 Å². The highest BCUT2D eigenvalue weighted by atomic mass is 32.2. The van der Waals surface area contributed by atoms with E-state index in [1.165, 1.54) is 11.8 Å². The van der Waals surface area contributed by atoms with Gasteiger partial charge in [0.2, 0.25) is 0 Å². The first-order valence-corrected chi connectivity index (χ1v) is 10.3. The van der Waals surface area contributed by atoms with Crippen LogP contribution in [0.3, 0.4) is 0 Å². The Labute approximate surface area is 180 Å². The summed E-state index contributed by atoms with van der Waals surface area (Å²) in [7, 11) is 5.54. The van der Waals surface area contributed by atoms with Crippen LogP contribution in [0.25, 0.3) is 6.08 Å². The normalized spacial score (nSPS) is 16.3. The molecule has 0 saturated carbocycles. The molecular weight excluding hydrogens is 400 g/mol. The minimum atomic E-state index is -0.596. The first-order chi connectivity index (χ1) is 14.4. The SMILES string of the molecule is CCOC(=O)C1=C(O)C(=Cc2ccc(N(C)C)cc2)SC1=Nc1ccc(OC)cc1. The number of aliphatic hydroxyl groups excluding tert-OH is 1. The van der Waals surface area contributed by atoms with Crippen LogP contribution in [0.1, 0.15) is 12.5 Å². The fraction of sp³-hybridized carbons (Fsp3) is 0.217. The van der Waals surface area contributed by atoms with Crippen molar-refractivity contribution >= 4 is 40.2 Å². The molecule has 0 radical (unpaired) electrons. The second kappa shape index (κ2) is 9.54. The van der Waals surface area contributed by atoms with Gasteiger partial charge in [0.15, 0.2) is 0 Å². The molecule has 30 heavy (non-hydrogen) atoms. The standard InChI is InChI=1S/C23H24N2O4S/c1-5-29-23(27)20-21(26)19(14-15-6-10-17(11-7-15)25(2)3)30-22(20)24-16-8-12-18(28-4)13-9-16/h6-14,26H,5H2,1-4H3. The van der Waals surface area contributed by atoms with E-state index < -0.39 is 5.97 Å². The lowest BCUT2D eigenvalue weighted by Crippen LogP contribution is -2.12. The molecule has 2 aromatic rings. The number of carbonyl (C=O) groups is 1. The first kappa shape index (κ1) is 21.5. The third-order valence-electron chi connectivity index (χ3n) is 4.38. The van der Waals surface area contributed by atoms with Crippen molar-refractivity contribution in [1.82, 2.24) is 0 Å². The van der Waals surface area contributed by atoms with Crippen molar-refractivity contribution in [2.24, 2.45) is 4.99 Å². The molecule has 0 bridgehead atoms. The first-order valence-electron chi connectivity index (χ1n) is 9.43. The molecule has 3 rings (SSSR count). The van der Waals surface area contributed by atoms with Gasteiger partial charge in [-0.1, -0.05) is 23.9 Å². The topological polar surface area (TPSA) is 71.4 Å². The highest BCUT2D eigenvalue weighted by Crippen LogP contribution is 2.40. The Bertz CT molecular complexity index is 1010. The molecule has 0 atom stereocenters. The lowest BCUT2D eigenvalue weighted by molar-refractivity contribution is -0.138. The Balaban J connectivity index is 1.97. The minimum absolute atomic E-state index is 0.0776. The number of thioether (sulfide) groups is 1. The molecule has 0 aliphatic carbocycles. The summed E-state index contributed by atoms with van der Waals surface area (Å²) >= 11 is 1.24. The lowest BCUT2D eigenvalue weighted by Gasteiger charge is -2.11. The summed E-state index contributed by atoms with van der Waals surface area (Å²) in [4.78, 5) is 19.6. The number of ether oxygens (including phenoxy) is 2. The molecule has 7 heteroatoms. The second-order valence-electron chi connectivity index (χ2n) is 6.66. The zero-order valence-corrected chi connectivity index (χ0v) is 18.2. The summed E-state index contributed by atoms with van der Waals surface area (Å²) < 4.78 is 10.3. The Morgan fingerprint density at radius 2 is 1.80 bits per heavy atom. The molecule has 0 spiro atoms. The molecule has 1 heterocycles. The van der Waals surface area contributed by atoms with Crippen molar-refractivity contribution in [1.29, 1.82) is 0 Å². The third-order valence-corrected chi connectivity index (χ3v) is 5.40. The predicted molar refractivity (Wildman–Crippen MR) is 123 cm³/mol. The van der Waals surface area contributed by atoms with Crippen molar-refractivity contribution in [2.45, 2.75) is 6.92 Å². The Hall–Kier alpha value is -3.19. The van der Waals surface area contributed by atoms with Crippen LogP contribution in [0.2, 0.25) is 0 Å². The monoisotopic (exact) mass is 424 g/mol. The van der Waals surface area contributed by atoms with Crippen LogP contribution in [0.5, 0.6) is 5.75 Å². The van der Waals surface area contributed by atoms with E-state index in [0.29, 0.717) is 21.4 Å². The molecule has 6 nitrogen and oxygen atoms in total. The van der Waals surface area contributed by atoms with Crippen molar-refractivity contribution in [3.05, 3.63) is 70.3 Å². The zero-order valence-electron chi connectivity index (χ0n) is 17.4. The van der Waals surface area contributed by atoms with E-state index in [4.69, 9.17) is 9.47 Å². The second-order valence-corrected chi connectivity index (χ2v) is 7.69. The van der Waals surface area contributed by atoms with E-state index in [0.717, 1.165) is 11.3 Å². The number of hydrogen-bond acceptors (Lipinski definition) is 7. The fourth-order valence-electron chi connectivity index (χ4n) is 2.79. The summed E-state index contributed by atoms with van der Waals surface area (Å²) in [5.74, 6) is -0.00713. The van der Waals surface area contributed by atoms with Crippen molar-refractivity contribution in [3.8, 4) is 5.75 Å². The van der Waals surface area contributed by atoms with Gasteiger partial charge in [-0.2, -0.15) is 0 Å². The Morgan fingerprint density at radius 1 is 1.13 bits per heavy atom. The van der Waals surface area contributed by atoms with E-state index in [-0.39, 0.29) is 17.9 Å². The number of rotatable bonds is 6. The van der Waals surface area contributed by atoms with Gasteiger partial charge in [-0.05, 0) is 55.0 Å². The van der Waals surface area contributed by atoms with Crippen LogP contribution in [-0.2, 0) is 9.53 Å². The molecule has 0 amide bonds. The molecule has 1 N–H and O–H groups in total. The van der Waals surface area contributed by atoms with Crippen molar-refractivity contribution in [2.75, 3.05) is 32.7 Å². The number of esters is 1. The van der Waals surface area contributed by atoms with Crippen LogP contribution < -0.4 is 9.64 Å². The average Bonchev–Trinajstić information content (AvgIpc) is 3.04. The maximum absolute atomic E-state index is 12.5. The summed E-state index contributed by atoms with van der Waals surface area (Å²) in [5.41, 5.74) is 2.70. The molecule has 156 valence electrons. The number of benzene rings is 2. The number of anilines is 1. The van der Waals surface area contributed by atoms with Crippen LogP contribution in [0, 0.1) is 0 Å². The zero-order chi connectivity index (χ0) is 21.7. The number of hydrogen-bond donors (Lipinski definition) is 1. The van der Waals surface area contributed by atoms with Gasteiger partial charge in [0.1, 0.15) is 22.1 Å². The maximum atomic E-state index is 12.5. The summed E-state index contributed by atoms with van der Waals surface area (Å²) in [6.45, 7) is 1.93. The Kier molecular flexibility index (Phi) is 6.84. The largest absolute Gasteiger partial charge is 0.506 e. The van der Waals surface area contributed by atoms with Crippen LogP contribution >= 0.6 is 11.8 Å². The van der Waals surface area contributed by atoms with Crippen LogP contribution in [-0.4, -0.2) is 43.9 Å². The van der Waals surface area contributed by atoms with Gasteiger partial charge in [-0.3, -0.25) is 0 Å². The van der Waals surface area contributed by atoms with Gasteiger partial charge in [0.05, 0.1) is 24.3 Å². The van der Waals surface area contributed by atoms with Gasteiger partial charge in [0.25, 0.3) is 0 Å². The number of carbonyl (C=O) groups excluding carboxylic acids is 1. The van der Waals surface area contributed by atoms with E-state index in [9.17, 15) is 9.90 Å². The lowest BCUT2D eigenvalue weighted by atomic mass is 10.1. The summed E-state index contributed by atoms with van der Waals surface area (Å²) in [6, 6.07) is 15.0. The van der Waals surface area contributed by atoms with Crippen molar-refractivity contribution < 1.29 is 19.4 Å². The number of aliphatic imine (C=N–C) groups is 1. The average molecular weight is 425 g/mol. The molecule has 1 aliphatic heterocycles. The van der Waals surface area contributed by atoms with Gasteiger partial charge in [0, 0.05) is 19.8 Å². The summed E-state index contributed by atoms with van der Waals surface area (Å²) in [5, 5.41) is 11.2. The number of methoxy groups -OCH3 is 1. The van der Waals surface area contributed by atoms with Gasteiger partial charge in [-0.15, -0.1) is 0 Å². The summed E-state index contributed by atoms with van der Waals surface area (Å²) in [6.07, 6.45) is 1.83. The third kappa shape index (κ3) is 4.86. The van der Waals surface area contributed by atoms with Crippen LogP contribution in [0.15, 0.2) is 69.8 Å². The molecule has 0 aromatic heterocycles. The van der Waals surface area contributed by atoms with Crippen LogP contribution in [0.4, 0.5) is 11.4 Å². The van der Waals surface area contributed by atoms with Gasteiger partial charge >= 0.3 is 5.97 Å². The quantitative estimate of drug-likeness (QED) is 0.662. The highest BCUT2D eigenvalue weighted by molar-refractivity contribution is 8.18. The number of aliphatic hydroxyl groups is 1. The molecule has 1 aliphatic rings. The van der Waals surface area contributed by atoms with Gasteiger partial charge in [-0.25, -0.2) is 9.79 Å². The predicted octanol–water partition coefficient (Wildman–Crippen LogP) is 4.95. The van der Waals surface area contributed by atoms with E-state index >= 15 is 0 Å². The fourth-order valence-corrected chi connectivity index (χ4v) is 3.82. The van der Waals surface area contributed by atoms with E-state index in [1.807, 2.05) is 49.3 Å². The minimum Gasteiger partial charge on any atom is -0.506 e. The molecule has 0 unspecified atom stereocenters.